The average Bonchev–Trinajstić information content (AvgIpc) is 3.44. The van der Waals surface area contributed by atoms with E-state index in [9.17, 15) is 4.79 Å². The molecule has 2 unspecified atom stereocenters. The second-order valence-electron chi connectivity index (χ2n) is 9.22. The molecule has 0 aliphatic carbocycles. The van der Waals surface area contributed by atoms with Gasteiger partial charge in [0, 0.05) is 49.9 Å². The largest absolute Gasteiger partial charge is 0.381 e. The van der Waals surface area contributed by atoms with Crippen LogP contribution in [0.3, 0.4) is 0 Å². The highest BCUT2D eigenvalue weighted by Crippen LogP contribution is 2.25. The van der Waals surface area contributed by atoms with Crippen LogP contribution in [-0.4, -0.2) is 77.7 Å². The summed E-state index contributed by atoms with van der Waals surface area (Å²) in [5.74, 6) is 0.601. The number of aromatic nitrogens is 3. The lowest BCUT2D eigenvalue weighted by atomic mass is 9.96. The summed E-state index contributed by atoms with van der Waals surface area (Å²) in [5.41, 5.74) is 2.35. The van der Waals surface area contributed by atoms with E-state index in [1.54, 1.807) is 6.20 Å². The van der Waals surface area contributed by atoms with Gasteiger partial charge in [-0.15, -0.1) is 0 Å². The Bertz CT molecular complexity index is 898. The van der Waals surface area contributed by atoms with E-state index in [2.05, 4.69) is 43.0 Å². The van der Waals surface area contributed by atoms with E-state index in [1.165, 1.54) is 0 Å². The van der Waals surface area contributed by atoms with Crippen molar-refractivity contribution in [1.29, 1.82) is 0 Å². The van der Waals surface area contributed by atoms with Gasteiger partial charge in [-0.05, 0) is 32.3 Å². The predicted molar refractivity (Wildman–Crippen MR) is 119 cm³/mol. The molecule has 2 aliphatic rings. The quantitative estimate of drug-likeness (QED) is 0.729. The highest BCUT2D eigenvalue weighted by atomic mass is 16.5. The van der Waals surface area contributed by atoms with E-state index in [4.69, 9.17) is 14.5 Å². The van der Waals surface area contributed by atoms with Crippen molar-refractivity contribution < 1.29 is 14.3 Å². The molecule has 2 fully saturated rings. The molecular formula is C23H35N5O3. The van der Waals surface area contributed by atoms with Crippen LogP contribution in [0.15, 0.2) is 12.3 Å². The molecule has 8 heteroatoms. The first-order valence-electron chi connectivity index (χ1n) is 11.5. The Kier molecular flexibility index (Phi) is 6.89. The van der Waals surface area contributed by atoms with Gasteiger partial charge in [-0.2, -0.15) is 5.10 Å². The molecule has 2 atom stereocenters. The molecule has 1 N–H and O–H groups in total. The number of fused-ring (bicyclic) bond motifs is 1. The number of hydrogen-bond donors (Lipinski definition) is 1. The molecule has 2 aromatic heterocycles. The predicted octanol–water partition coefficient (Wildman–Crippen LogP) is 2.60. The van der Waals surface area contributed by atoms with E-state index in [0.717, 1.165) is 62.7 Å². The normalized spacial score (nSPS) is 21.3. The fourth-order valence-electron chi connectivity index (χ4n) is 4.55. The van der Waals surface area contributed by atoms with Crippen LogP contribution in [0.2, 0.25) is 0 Å². The lowest BCUT2D eigenvalue weighted by Gasteiger charge is -2.37. The highest BCUT2D eigenvalue weighted by molar-refractivity contribution is 6.05. The molecule has 4 rings (SSSR count). The number of amides is 1. The Hall–Kier alpha value is -2.03. The van der Waals surface area contributed by atoms with Crippen molar-refractivity contribution in [1.82, 2.24) is 25.0 Å². The van der Waals surface area contributed by atoms with Gasteiger partial charge in [0.1, 0.15) is 0 Å². The van der Waals surface area contributed by atoms with Crippen LogP contribution in [0.4, 0.5) is 0 Å². The summed E-state index contributed by atoms with van der Waals surface area (Å²) in [5, 5.41) is 8.54. The molecule has 170 valence electrons. The summed E-state index contributed by atoms with van der Waals surface area (Å²) in [6.07, 6.45) is 2.81. The lowest BCUT2D eigenvalue weighted by molar-refractivity contribution is 0.00167. The molecule has 2 aliphatic heterocycles. The molecule has 0 aromatic carbocycles. The van der Waals surface area contributed by atoms with Crippen LogP contribution in [0, 0.1) is 5.92 Å². The molecular weight excluding hydrogens is 394 g/mol. The summed E-state index contributed by atoms with van der Waals surface area (Å²) in [7, 11) is 0. The van der Waals surface area contributed by atoms with E-state index in [0.29, 0.717) is 18.0 Å². The van der Waals surface area contributed by atoms with E-state index < -0.39 is 0 Å². The number of pyridine rings is 1. The molecule has 2 aromatic rings. The fourth-order valence-corrected chi connectivity index (χ4v) is 4.55. The number of carbonyl (C=O) groups is 1. The maximum Gasteiger partial charge on any atom is 0.252 e. The summed E-state index contributed by atoms with van der Waals surface area (Å²) >= 11 is 0. The fraction of sp³-hybridized carbons (Fsp3) is 0.696. The Balaban J connectivity index is 1.58. The summed E-state index contributed by atoms with van der Waals surface area (Å²) < 4.78 is 13.1. The van der Waals surface area contributed by atoms with E-state index in [1.807, 2.05) is 10.7 Å². The van der Waals surface area contributed by atoms with Crippen LogP contribution in [0.25, 0.3) is 11.0 Å². The minimum Gasteiger partial charge on any atom is -0.381 e. The van der Waals surface area contributed by atoms with E-state index >= 15 is 0 Å². The van der Waals surface area contributed by atoms with Crippen molar-refractivity contribution in [2.24, 2.45) is 5.92 Å². The number of carbonyl (C=O) groups excluding carboxylic acids is 1. The molecule has 0 spiro atoms. The third-order valence-corrected chi connectivity index (χ3v) is 6.41. The van der Waals surface area contributed by atoms with Gasteiger partial charge >= 0.3 is 0 Å². The summed E-state index contributed by atoms with van der Waals surface area (Å²) in [6.45, 7) is 13.8. The van der Waals surface area contributed by atoms with Crippen LogP contribution in [-0.2, 0) is 9.47 Å². The molecule has 2 saturated heterocycles. The third-order valence-electron chi connectivity index (χ3n) is 6.41. The van der Waals surface area contributed by atoms with Crippen molar-refractivity contribution in [3.63, 3.8) is 0 Å². The summed E-state index contributed by atoms with van der Waals surface area (Å²) in [6, 6.07) is 2.36. The summed E-state index contributed by atoms with van der Waals surface area (Å²) in [4.78, 5) is 20.6. The molecule has 1 amide bonds. The van der Waals surface area contributed by atoms with Crippen molar-refractivity contribution in [2.45, 2.75) is 52.1 Å². The zero-order valence-corrected chi connectivity index (χ0v) is 19.1. The first kappa shape index (κ1) is 22.2. The van der Waals surface area contributed by atoms with Crippen molar-refractivity contribution in [3.8, 4) is 0 Å². The number of nitrogens with zero attached hydrogens (tertiary/aromatic N) is 4. The van der Waals surface area contributed by atoms with Crippen molar-refractivity contribution >= 4 is 16.9 Å². The number of morpholine rings is 1. The Morgan fingerprint density at radius 3 is 2.61 bits per heavy atom. The molecule has 4 heterocycles. The number of nitrogens with one attached hydrogen (secondary N) is 1. The first-order valence-corrected chi connectivity index (χ1v) is 11.5. The van der Waals surface area contributed by atoms with Crippen molar-refractivity contribution in [3.05, 3.63) is 23.5 Å². The highest BCUT2D eigenvalue weighted by Gasteiger charge is 2.32. The second kappa shape index (κ2) is 9.63. The number of rotatable bonds is 7. The van der Waals surface area contributed by atoms with Gasteiger partial charge in [0.2, 0.25) is 0 Å². The molecule has 0 bridgehead atoms. The number of hydrogen-bond acceptors (Lipinski definition) is 6. The van der Waals surface area contributed by atoms with Gasteiger partial charge in [0.05, 0.1) is 37.0 Å². The lowest BCUT2D eigenvalue weighted by Crippen LogP contribution is -2.52. The van der Waals surface area contributed by atoms with Gasteiger partial charge in [0.15, 0.2) is 5.65 Å². The smallest absolute Gasteiger partial charge is 0.252 e. The standard InChI is InChI=1S/C23H35N5O3/c1-15(2)20-11-18(19-12-25-28(16(3)4)22(19)26-20)23(29)24-13-21(17-5-8-31-14-17)27-6-9-30-10-7-27/h11-12,15-17,21H,5-10,13-14H2,1-4H3,(H,24,29). The Labute approximate surface area is 184 Å². The maximum atomic E-state index is 13.4. The average molecular weight is 430 g/mol. The van der Waals surface area contributed by atoms with Crippen LogP contribution < -0.4 is 5.32 Å². The van der Waals surface area contributed by atoms with E-state index in [-0.39, 0.29) is 23.9 Å². The topological polar surface area (TPSA) is 81.5 Å². The molecule has 0 saturated carbocycles. The monoisotopic (exact) mass is 429 g/mol. The van der Waals surface area contributed by atoms with Gasteiger partial charge in [-0.1, -0.05) is 13.8 Å². The second-order valence-corrected chi connectivity index (χ2v) is 9.22. The van der Waals surface area contributed by atoms with Gasteiger partial charge in [-0.3, -0.25) is 9.69 Å². The minimum atomic E-state index is -0.0604. The van der Waals surface area contributed by atoms with Crippen LogP contribution >= 0.6 is 0 Å². The zero-order valence-electron chi connectivity index (χ0n) is 19.1. The maximum absolute atomic E-state index is 13.4. The third kappa shape index (κ3) is 4.76. The van der Waals surface area contributed by atoms with Crippen LogP contribution in [0.1, 0.15) is 62.1 Å². The molecule has 31 heavy (non-hydrogen) atoms. The zero-order chi connectivity index (χ0) is 22.0. The molecule has 0 radical (unpaired) electrons. The molecule has 8 nitrogen and oxygen atoms in total. The number of ether oxygens (including phenoxy) is 2. The Morgan fingerprint density at radius 2 is 1.97 bits per heavy atom. The van der Waals surface area contributed by atoms with Gasteiger partial charge in [0.25, 0.3) is 5.91 Å². The Morgan fingerprint density at radius 1 is 1.19 bits per heavy atom. The minimum absolute atomic E-state index is 0.0604. The first-order chi connectivity index (χ1) is 15.0. The van der Waals surface area contributed by atoms with Crippen molar-refractivity contribution in [2.75, 3.05) is 46.1 Å². The van der Waals surface area contributed by atoms with Gasteiger partial charge in [-0.25, -0.2) is 9.67 Å². The SMILES string of the molecule is CC(C)c1cc(C(=O)NCC(C2CCOC2)N2CCOCC2)c2cnn(C(C)C)c2n1. The van der Waals surface area contributed by atoms with Gasteiger partial charge < -0.3 is 14.8 Å². The van der Waals surface area contributed by atoms with Crippen LogP contribution in [0.5, 0.6) is 0 Å².